The molecule has 0 radical (unpaired) electrons. The highest BCUT2D eigenvalue weighted by Gasteiger charge is 2.22. The molecule has 0 rings (SSSR count). The van der Waals surface area contributed by atoms with E-state index in [1.54, 1.807) is 6.92 Å². The lowest BCUT2D eigenvalue weighted by Crippen LogP contribution is -2.43. The SMILES string of the molecule is CCCCCNC(=O)CCC(NC(=O)COCCOCCNC(=O)COCCOCCNC(=O)CCC(NC(=O)CCC)C(=O)O)C(=O)O. The van der Waals surface area contributed by atoms with Crippen molar-refractivity contribution in [2.45, 2.75) is 83.7 Å². The summed E-state index contributed by atoms with van der Waals surface area (Å²) in [6.45, 7) is 5.11. The molecule has 2 atom stereocenters. The number of nitrogens with one attached hydrogen (secondary N) is 5. The zero-order chi connectivity index (χ0) is 36.7. The van der Waals surface area contributed by atoms with Gasteiger partial charge in [-0.1, -0.05) is 26.7 Å². The highest BCUT2D eigenvalue weighted by atomic mass is 16.5. The fraction of sp³-hybridized carbons (Fsp3) is 0.774. The molecule has 0 saturated carbocycles. The molecule has 18 nitrogen and oxygen atoms in total. The Morgan fingerprint density at radius 3 is 1.43 bits per heavy atom. The van der Waals surface area contributed by atoms with Crippen LogP contribution >= 0.6 is 0 Å². The number of unbranched alkanes of at least 4 members (excludes halogenated alkanes) is 2. The number of hydrogen-bond donors (Lipinski definition) is 7. The van der Waals surface area contributed by atoms with E-state index < -0.39 is 29.9 Å². The molecule has 0 aliphatic heterocycles. The molecule has 0 aromatic carbocycles. The van der Waals surface area contributed by atoms with Crippen LogP contribution in [0.15, 0.2) is 0 Å². The number of aliphatic carboxylic acids is 2. The van der Waals surface area contributed by atoms with Crippen molar-refractivity contribution in [3.63, 3.8) is 0 Å². The summed E-state index contributed by atoms with van der Waals surface area (Å²) >= 11 is 0. The van der Waals surface area contributed by atoms with Crippen LogP contribution in [0, 0.1) is 0 Å². The highest BCUT2D eigenvalue weighted by molar-refractivity contribution is 5.85. The molecule has 0 spiro atoms. The van der Waals surface area contributed by atoms with Crippen LogP contribution in [0.5, 0.6) is 0 Å². The Labute approximate surface area is 287 Å². The largest absolute Gasteiger partial charge is 0.480 e. The van der Waals surface area contributed by atoms with Crippen molar-refractivity contribution in [3.8, 4) is 0 Å². The van der Waals surface area contributed by atoms with Gasteiger partial charge in [0, 0.05) is 38.9 Å². The minimum Gasteiger partial charge on any atom is -0.480 e. The average Bonchev–Trinajstić information content (AvgIpc) is 3.05. The second-order valence-corrected chi connectivity index (χ2v) is 10.8. The maximum atomic E-state index is 12.0. The average molecular weight is 706 g/mol. The van der Waals surface area contributed by atoms with Gasteiger partial charge in [-0.3, -0.25) is 24.0 Å². The Morgan fingerprint density at radius 1 is 0.490 bits per heavy atom. The zero-order valence-electron chi connectivity index (χ0n) is 28.7. The standard InChI is InChI=1S/C31H55N5O13/c1-3-5-6-12-32-25(37)10-9-24(31(44)45)36-29(41)22-49-20-18-47-16-14-34-28(40)21-48-19-17-46-15-13-33-26(38)11-8-23(30(42)43)35-27(39)7-4-2/h23-24H,3-22H2,1-2H3,(H,32,37)(H,33,38)(H,34,40)(H,35,39)(H,36,41)(H,42,43)(H,44,45). The molecule has 49 heavy (non-hydrogen) atoms. The molecule has 2 unspecified atom stereocenters. The number of carbonyl (C=O) groups is 7. The molecule has 0 aliphatic rings. The van der Waals surface area contributed by atoms with E-state index in [1.807, 2.05) is 6.92 Å². The van der Waals surface area contributed by atoms with Gasteiger partial charge in [0.2, 0.25) is 29.5 Å². The Bertz CT molecular complexity index is 999. The Morgan fingerprint density at radius 2 is 0.939 bits per heavy atom. The number of carbonyl (C=O) groups excluding carboxylic acids is 5. The molecule has 0 saturated heterocycles. The first-order valence-electron chi connectivity index (χ1n) is 16.6. The van der Waals surface area contributed by atoms with Crippen molar-refractivity contribution in [2.24, 2.45) is 0 Å². The van der Waals surface area contributed by atoms with Gasteiger partial charge in [0.15, 0.2) is 0 Å². The number of hydrogen-bond acceptors (Lipinski definition) is 11. The maximum absolute atomic E-state index is 12.0. The molecule has 5 amide bonds. The lowest BCUT2D eigenvalue weighted by molar-refractivity contribution is -0.143. The number of carboxylic acids is 2. The normalized spacial score (nSPS) is 12.0. The topological polar surface area (TPSA) is 257 Å². The first-order valence-corrected chi connectivity index (χ1v) is 16.6. The van der Waals surface area contributed by atoms with Crippen molar-refractivity contribution < 1.29 is 62.7 Å². The fourth-order valence-corrected chi connectivity index (χ4v) is 3.92. The first kappa shape index (κ1) is 45.1. The van der Waals surface area contributed by atoms with Crippen molar-refractivity contribution in [1.82, 2.24) is 26.6 Å². The molecule has 0 fully saturated rings. The molecular weight excluding hydrogens is 650 g/mol. The van der Waals surface area contributed by atoms with Crippen molar-refractivity contribution >= 4 is 41.5 Å². The minimum atomic E-state index is -1.24. The molecule has 18 heteroatoms. The predicted octanol–water partition coefficient (Wildman–Crippen LogP) is -0.909. The van der Waals surface area contributed by atoms with E-state index in [0.29, 0.717) is 13.0 Å². The van der Waals surface area contributed by atoms with Gasteiger partial charge in [-0.05, 0) is 25.7 Å². The van der Waals surface area contributed by atoms with Gasteiger partial charge in [-0.25, -0.2) is 9.59 Å². The van der Waals surface area contributed by atoms with E-state index >= 15 is 0 Å². The zero-order valence-corrected chi connectivity index (χ0v) is 28.7. The Kier molecular flexibility index (Phi) is 27.8. The van der Waals surface area contributed by atoms with Crippen LogP contribution in [0.1, 0.15) is 71.6 Å². The summed E-state index contributed by atoms with van der Waals surface area (Å²) in [6, 6.07) is -2.34. The summed E-state index contributed by atoms with van der Waals surface area (Å²) in [7, 11) is 0. The third kappa shape index (κ3) is 27.7. The van der Waals surface area contributed by atoms with Crippen molar-refractivity contribution in [3.05, 3.63) is 0 Å². The third-order valence-corrected chi connectivity index (χ3v) is 6.51. The van der Waals surface area contributed by atoms with Crippen LogP contribution in [0.3, 0.4) is 0 Å². The summed E-state index contributed by atoms with van der Waals surface area (Å²) in [4.78, 5) is 81.8. The summed E-state index contributed by atoms with van der Waals surface area (Å²) in [5.41, 5.74) is 0. The Hall–Kier alpha value is -3.87. The van der Waals surface area contributed by atoms with Gasteiger partial charge in [-0.15, -0.1) is 0 Å². The smallest absolute Gasteiger partial charge is 0.326 e. The number of carboxylic acid groups (broad SMARTS) is 2. The van der Waals surface area contributed by atoms with Gasteiger partial charge in [0.1, 0.15) is 25.3 Å². The lowest BCUT2D eigenvalue weighted by atomic mass is 10.1. The highest BCUT2D eigenvalue weighted by Crippen LogP contribution is 2.01. The van der Waals surface area contributed by atoms with E-state index in [1.165, 1.54) is 0 Å². The number of rotatable bonds is 32. The second-order valence-electron chi connectivity index (χ2n) is 10.8. The second kappa shape index (κ2) is 30.2. The van der Waals surface area contributed by atoms with Crippen LogP contribution in [-0.4, -0.2) is 136 Å². The van der Waals surface area contributed by atoms with Crippen molar-refractivity contribution in [2.75, 3.05) is 72.5 Å². The van der Waals surface area contributed by atoms with E-state index in [4.69, 9.17) is 18.9 Å². The maximum Gasteiger partial charge on any atom is 0.326 e. The predicted molar refractivity (Wildman–Crippen MR) is 174 cm³/mol. The van der Waals surface area contributed by atoms with E-state index in [-0.39, 0.29) is 122 Å². The molecule has 0 bridgehead atoms. The van der Waals surface area contributed by atoms with E-state index in [0.717, 1.165) is 19.3 Å². The van der Waals surface area contributed by atoms with Crippen molar-refractivity contribution in [1.29, 1.82) is 0 Å². The molecule has 0 aromatic rings. The number of ether oxygens (including phenoxy) is 4. The van der Waals surface area contributed by atoms with Crippen LogP contribution in [0.25, 0.3) is 0 Å². The van der Waals surface area contributed by atoms with E-state index in [2.05, 4.69) is 26.6 Å². The van der Waals surface area contributed by atoms with E-state index in [9.17, 15) is 43.8 Å². The minimum absolute atomic E-state index is 0.0242. The van der Waals surface area contributed by atoms with Gasteiger partial charge >= 0.3 is 11.9 Å². The number of amides is 5. The molecule has 282 valence electrons. The Balaban J connectivity index is 3.76. The van der Waals surface area contributed by atoms with Crippen LogP contribution in [0.2, 0.25) is 0 Å². The monoisotopic (exact) mass is 705 g/mol. The van der Waals surface area contributed by atoms with Gasteiger partial charge in [-0.2, -0.15) is 0 Å². The van der Waals surface area contributed by atoms with Gasteiger partial charge in [0.05, 0.1) is 39.6 Å². The quantitative estimate of drug-likeness (QED) is 0.0419. The van der Waals surface area contributed by atoms with Crippen LogP contribution in [0.4, 0.5) is 0 Å². The molecule has 0 aliphatic carbocycles. The molecule has 7 N–H and O–H groups in total. The summed E-state index contributed by atoms with van der Waals surface area (Å²) in [5.74, 6) is -4.45. The van der Waals surface area contributed by atoms with Gasteiger partial charge in [0.25, 0.3) is 0 Å². The third-order valence-electron chi connectivity index (χ3n) is 6.51. The fourth-order valence-electron chi connectivity index (χ4n) is 3.92. The summed E-state index contributed by atoms with van der Waals surface area (Å²) in [5, 5.41) is 31.1. The molecule has 0 heterocycles. The lowest BCUT2D eigenvalue weighted by Gasteiger charge is -2.14. The van der Waals surface area contributed by atoms with Gasteiger partial charge < -0.3 is 55.7 Å². The van der Waals surface area contributed by atoms with Crippen LogP contribution in [-0.2, 0) is 52.5 Å². The molecular formula is C31H55N5O13. The summed E-state index contributed by atoms with van der Waals surface area (Å²) < 4.78 is 21.0. The van der Waals surface area contributed by atoms with Crippen LogP contribution < -0.4 is 26.6 Å². The molecule has 0 aromatic heterocycles. The summed E-state index contributed by atoms with van der Waals surface area (Å²) in [6.07, 6.45) is 3.50. The first-order chi connectivity index (χ1) is 23.5.